The molecule has 60 valence electrons. The zero-order valence-electron chi connectivity index (χ0n) is 6.50. The van der Waals surface area contributed by atoms with Crippen molar-refractivity contribution in [2.24, 2.45) is 0 Å². The van der Waals surface area contributed by atoms with Crippen molar-refractivity contribution in [1.82, 2.24) is 4.98 Å². The fraction of sp³-hybridized carbons (Fsp3) is 0.375. The number of halogens is 1. The summed E-state index contributed by atoms with van der Waals surface area (Å²) in [5.74, 6) is 0.609. The molecular weight excluding hydrogens is 206 g/mol. The second-order valence-corrected chi connectivity index (χ2v) is 3.48. The Morgan fingerprint density at radius 2 is 2.18 bits per heavy atom. The fourth-order valence-corrected chi connectivity index (χ4v) is 0.985. The topological polar surface area (TPSA) is 33.1 Å². The number of pyridine rings is 1. The molecule has 0 atom stereocenters. The highest BCUT2D eigenvalue weighted by Gasteiger charge is 2.03. The second kappa shape index (κ2) is 3.22. The molecule has 1 aromatic heterocycles. The molecule has 0 unspecified atom stereocenters. The zero-order chi connectivity index (χ0) is 8.43. The standard InChI is InChI=1S/C8H10BrNO/c1-5(2)6-3-7(11)8(9)10-4-6/h3-5,11H,1-2H3. The molecule has 0 saturated heterocycles. The molecule has 1 heterocycles. The van der Waals surface area contributed by atoms with Gasteiger partial charge in [-0.1, -0.05) is 13.8 Å². The lowest BCUT2D eigenvalue weighted by molar-refractivity contribution is 0.467. The molecule has 0 saturated carbocycles. The predicted molar refractivity (Wildman–Crippen MR) is 47.7 cm³/mol. The minimum absolute atomic E-state index is 0.205. The van der Waals surface area contributed by atoms with Crippen molar-refractivity contribution in [2.75, 3.05) is 0 Å². The summed E-state index contributed by atoms with van der Waals surface area (Å²) in [6.07, 6.45) is 1.76. The first-order chi connectivity index (χ1) is 5.11. The minimum atomic E-state index is 0.205. The Kier molecular flexibility index (Phi) is 2.49. The van der Waals surface area contributed by atoms with Gasteiger partial charge in [-0.3, -0.25) is 0 Å². The van der Waals surface area contributed by atoms with Gasteiger partial charge < -0.3 is 5.11 Å². The molecule has 0 aliphatic rings. The normalized spacial score (nSPS) is 10.5. The van der Waals surface area contributed by atoms with Crippen LogP contribution in [0.4, 0.5) is 0 Å². The molecule has 0 amide bonds. The van der Waals surface area contributed by atoms with Gasteiger partial charge in [-0.15, -0.1) is 0 Å². The van der Waals surface area contributed by atoms with E-state index in [1.54, 1.807) is 12.3 Å². The molecule has 0 spiro atoms. The summed E-state index contributed by atoms with van der Waals surface area (Å²) in [4.78, 5) is 3.97. The van der Waals surface area contributed by atoms with E-state index in [0.29, 0.717) is 10.5 Å². The molecule has 0 aromatic carbocycles. The molecular formula is C8H10BrNO. The second-order valence-electron chi connectivity index (χ2n) is 2.73. The fourth-order valence-electron chi connectivity index (χ4n) is 0.768. The van der Waals surface area contributed by atoms with Crippen LogP contribution in [-0.4, -0.2) is 10.1 Å². The van der Waals surface area contributed by atoms with Gasteiger partial charge in [0.25, 0.3) is 0 Å². The number of nitrogens with zero attached hydrogens (tertiary/aromatic N) is 1. The highest BCUT2D eigenvalue weighted by atomic mass is 79.9. The largest absolute Gasteiger partial charge is 0.505 e. The summed E-state index contributed by atoms with van der Waals surface area (Å²) in [7, 11) is 0. The molecule has 11 heavy (non-hydrogen) atoms. The highest BCUT2D eigenvalue weighted by Crippen LogP contribution is 2.24. The van der Waals surface area contributed by atoms with Gasteiger partial charge in [0.15, 0.2) is 0 Å². The van der Waals surface area contributed by atoms with E-state index in [2.05, 4.69) is 34.8 Å². The van der Waals surface area contributed by atoms with E-state index < -0.39 is 0 Å². The lowest BCUT2D eigenvalue weighted by Crippen LogP contribution is -1.88. The van der Waals surface area contributed by atoms with Crippen LogP contribution in [0, 0.1) is 0 Å². The lowest BCUT2D eigenvalue weighted by Gasteiger charge is -2.04. The Morgan fingerprint density at radius 1 is 1.55 bits per heavy atom. The molecule has 1 aromatic rings. The van der Waals surface area contributed by atoms with Crippen molar-refractivity contribution < 1.29 is 5.11 Å². The van der Waals surface area contributed by atoms with E-state index in [-0.39, 0.29) is 5.75 Å². The van der Waals surface area contributed by atoms with Crippen LogP contribution in [0.25, 0.3) is 0 Å². The smallest absolute Gasteiger partial charge is 0.148 e. The first-order valence-corrected chi connectivity index (χ1v) is 4.25. The maximum atomic E-state index is 9.24. The summed E-state index contributed by atoms with van der Waals surface area (Å²) >= 11 is 3.12. The van der Waals surface area contributed by atoms with Gasteiger partial charge in [0.05, 0.1) is 0 Å². The van der Waals surface area contributed by atoms with E-state index >= 15 is 0 Å². The first kappa shape index (κ1) is 8.53. The van der Waals surface area contributed by atoms with E-state index in [9.17, 15) is 5.11 Å². The van der Waals surface area contributed by atoms with Gasteiger partial charge in [-0.25, -0.2) is 4.98 Å². The maximum Gasteiger partial charge on any atom is 0.148 e. The summed E-state index contributed by atoms with van der Waals surface area (Å²) in [6.45, 7) is 4.12. The predicted octanol–water partition coefficient (Wildman–Crippen LogP) is 2.67. The van der Waals surface area contributed by atoms with Crippen molar-refractivity contribution in [1.29, 1.82) is 0 Å². The number of rotatable bonds is 1. The van der Waals surface area contributed by atoms with Crippen LogP contribution in [0.15, 0.2) is 16.9 Å². The Bertz CT molecular complexity index is 260. The molecule has 0 fully saturated rings. The summed E-state index contributed by atoms with van der Waals surface area (Å²) in [5, 5.41) is 9.24. The van der Waals surface area contributed by atoms with Gasteiger partial charge in [0, 0.05) is 6.20 Å². The minimum Gasteiger partial charge on any atom is -0.505 e. The third-order valence-electron chi connectivity index (χ3n) is 1.51. The quantitative estimate of drug-likeness (QED) is 0.732. The van der Waals surface area contributed by atoms with Crippen LogP contribution in [0.1, 0.15) is 25.3 Å². The van der Waals surface area contributed by atoms with E-state index in [1.807, 2.05) is 0 Å². The third-order valence-corrected chi connectivity index (χ3v) is 2.12. The maximum absolute atomic E-state index is 9.24. The van der Waals surface area contributed by atoms with Crippen LogP contribution in [0.3, 0.4) is 0 Å². The van der Waals surface area contributed by atoms with Gasteiger partial charge in [0.2, 0.25) is 0 Å². The Labute approximate surface area is 74.4 Å². The average molecular weight is 216 g/mol. The number of hydrogen-bond donors (Lipinski definition) is 1. The van der Waals surface area contributed by atoms with Crippen molar-refractivity contribution in [3.05, 3.63) is 22.4 Å². The highest BCUT2D eigenvalue weighted by molar-refractivity contribution is 9.10. The molecule has 2 nitrogen and oxygen atoms in total. The third kappa shape index (κ3) is 1.93. The van der Waals surface area contributed by atoms with Gasteiger partial charge in [-0.05, 0) is 33.5 Å². The van der Waals surface area contributed by atoms with Crippen LogP contribution < -0.4 is 0 Å². The summed E-state index contributed by atoms with van der Waals surface area (Å²) < 4.78 is 0.502. The molecule has 0 radical (unpaired) electrons. The van der Waals surface area contributed by atoms with Gasteiger partial charge in [0.1, 0.15) is 10.4 Å². The number of hydrogen-bond acceptors (Lipinski definition) is 2. The van der Waals surface area contributed by atoms with Crippen LogP contribution in [-0.2, 0) is 0 Å². The average Bonchev–Trinajstić information content (AvgIpc) is 1.94. The lowest BCUT2D eigenvalue weighted by atomic mass is 10.1. The Morgan fingerprint density at radius 3 is 2.64 bits per heavy atom. The number of aromatic nitrogens is 1. The summed E-state index contributed by atoms with van der Waals surface area (Å²) in [6, 6.07) is 1.72. The van der Waals surface area contributed by atoms with E-state index in [0.717, 1.165) is 5.56 Å². The SMILES string of the molecule is CC(C)c1cnc(Br)c(O)c1. The molecule has 0 aliphatic carbocycles. The van der Waals surface area contributed by atoms with Gasteiger partial charge >= 0.3 is 0 Å². The Balaban J connectivity index is 3.05. The monoisotopic (exact) mass is 215 g/mol. The first-order valence-electron chi connectivity index (χ1n) is 3.45. The molecule has 1 rings (SSSR count). The van der Waals surface area contributed by atoms with E-state index in [4.69, 9.17) is 0 Å². The van der Waals surface area contributed by atoms with Crippen LogP contribution >= 0.6 is 15.9 Å². The van der Waals surface area contributed by atoms with Crippen LogP contribution in [0.5, 0.6) is 5.75 Å². The van der Waals surface area contributed by atoms with Crippen molar-refractivity contribution in [3.8, 4) is 5.75 Å². The van der Waals surface area contributed by atoms with Crippen molar-refractivity contribution in [3.63, 3.8) is 0 Å². The van der Waals surface area contributed by atoms with Crippen molar-refractivity contribution in [2.45, 2.75) is 19.8 Å². The summed E-state index contributed by atoms with van der Waals surface area (Å²) in [5.41, 5.74) is 1.05. The van der Waals surface area contributed by atoms with Gasteiger partial charge in [-0.2, -0.15) is 0 Å². The molecule has 0 aliphatic heterocycles. The molecule has 3 heteroatoms. The molecule has 0 bridgehead atoms. The zero-order valence-corrected chi connectivity index (χ0v) is 8.09. The van der Waals surface area contributed by atoms with E-state index in [1.165, 1.54) is 0 Å². The Hall–Kier alpha value is -0.570. The molecule has 1 N–H and O–H groups in total. The number of aromatic hydroxyl groups is 1. The van der Waals surface area contributed by atoms with Crippen molar-refractivity contribution >= 4 is 15.9 Å². The van der Waals surface area contributed by atoms with Crippen LogP contribution in [0.2, 0.25) is 0 Å².